The Balaban J connectivity index is 2.65. The van der Waals surface area contributed by atoms with Gasteiger partial charge >= 0.3 is 0 Å². The van der Waals surface area contributed by atoms with Crippen LogP contribution in [0.4, 0.5) is 0 Å². The van der Waals surface area contributed by atoms with E-state index in [2.05, 4.69) is 11.1 Å². The lowest BCUT2D eigenvalue weighted by molar-refractivity contribution is 0.404. The summed E-state index contributed by atoms with van der Waals surface area (Å²) in [6.07, 6.45) is 1.65. The van der Waals surface area contributed by atoms with Crippen molar-refractivity contribution in [3.05, 3.63) is 42.1 Å². The highest BCUT2D eigenvalue weighted by atomic mass is 16.5. The molecule has 4 heteroatoms. The Labute approximate surface area is 105 Å². The van der Waals surface area contributed by atoms with Crippen molar-refractivity contribution < 1.29 is 9.47 Å². The second-order valence-electron chi connectivity index (χ2n) is 3.58. The van der Waals surface area contributed by atoms with Crippen LogP contribution in [-0.4, -0.2) is 19.2 Å². The van der Waals surface area contributed by atoms with Crippen molar-refractivity contribution in [1.29, 1.82) is 5.26 Å². The lowest BCUT2D eigenvalue weighted by Gasteiger charge is -2.10. The van der Waals surface area contributed by atoms with Gasteiger partial charge in [0.25, 0.3) is 0 Å². The summed E-state index contributed by atoms with van der Waals surface area (Å²) in [7, 11) is 3.18. The second-order valence-corrected chi connectivity index (χ2v) is 3.58. The zero-order valence-electron chi connectivity index (χ0n) is 10.2. The van der Waals surface area contributed by atoms with Gasteiger partial charge in [0, 0.05) is 11.8 Å². The summed E-state index contributed by atoms with van der Waals surface area (Å²) in [5.41, 5.74) is 1.84. The molecule has 0 bridgehead atoms. The molecule has 0 N–H and O–H groups in total. The largest absolute Gasteiger partial charge is 0.497 e. The molecule has 0 fully saturated rings. The lowest BCUT2D eigenvalue weighted by atomic mass is 10.1. The number of hydrogen-bond donors (Lipinski definition) is 0. The highest BCUT2D eigenvalue weighted by Crippen LogP contribution is 2.33. The molecule has 0 aliphatic rings. The Bertz CT molecular complexity index is 603. The van der Waals surface area contributed by atoms with E-state index in [1.54, 1.807) is 44.7 Å². The zero-order valence-corrected chi connectivity index (χ0v) is 10.2. The molecule has 1 heterocycles. The fraction of sp³-hybridized carbons (Fsp3) is 0.143. The average molecular weight is 240 g/mol. The van der Waals surface area contributed by atoms with E-state index in [1.807, 2.05) is 6.07 Å². The van der Waals surface area contributed by atoms with Gasteiger partial charge in [-0.15, -0.1) is 0 Å². The Hall–Kier alpha value is -2.54. The molecule has 0 aliphatic heterocycles. The molecule has 0 saturated heterocycles. The maximum atomic E-state index is 9.11. The first-order valence-corrected chi connectivity index (χ1v) is 5.37. The smallest absolute Gasteiger partial charge is 0.128 e. The molecule has 2 rings (SSSR count). The van der Waals surface area contributed by atoms with E-state index in [0.717, 1.165) is 5.56 Å². The third kappa shape index (κ3) is 2.11. The fourth-order valence-electron chi connectivity index (χ4n) is 1.71. The standard InChI is InChI=1S/C14H12N2O2/c1-17-11-5-6-13(18-2)12(8-11)14-10(9-15)4-3-7-16-14/h3-8H,1-2H3. The highest BCUT2D eigenvalue weighted by Gasteiger charge is 2.12. The van der Waals surface area contributed by atoms with Gasteiger partial charge in [0.15, 0.2) is 0 Å². The number of rotatable bonds is 3. The molecule has 0 amide bonds. The van der Waals surface area contributed by atoms with E-state index >= 15 is 0 Å². The molecule has 0 unspecified atom stereocenters. The average Bonchev–Trinajstić information content (AvgIpc) is 2.46. The molecule has 0 atom stereocenters. The first kappa shape index (κ1) is 11.9. The topological polar surface area (TPSA) is 55.1 Å². The van der Waals surface area contributed by atoms with Gasteiger partial charge < -0.3 is 9.47 Å². The van der Waals surface area contributed by atoms with Gasteiger partial charge in [0.2, 0.25) is 0 Å². The molecule has 4 nitrogen and oxygen atoms in total. The molecule has 18 heavy (non-hydrogen) atoms. The molecule has 1 aromatic heterocycles. The number of methoxy groups -OCH3 is 2. The lowest BCUT2D eigenvalue weighted by Crippen LogP contribution is -1.94. The number of nitrogens with zero attached hydrogens (tertiary/aromatic N) is 2. The Morgan fingerprint density at radius 3 is 2.67 bits per heavy atom. The van der Waals surface area contributed by atoms with Crippen molar-refractivity contribution in [2.45, 2.75) is 0 Å². The van der Waals surface area contributed by atoms with Gasteiger partial charge in [0.05, 0.1) is 25.5 Å². The minimum atomic E-state index is 0.504. The maximum Gasteiger partial charge on any atom is 0.128 e. The van der Waals surface area contributed by atoms with Crippen LogP contribution in [0.25, 0.3) is 11.3 Å². The van der Waals surface area contributed by atoms with E-state index < -0.39 is 0 Å². The highest BCUT2D eigenvalue weighted by molar-refractivity contribution is 5.73. The fourth-order valence-corrected chi connectivity index (χ4v) is 1.71. The van der Waals surface area contributed by atoms with Crippen LogP contribution in [0.15, 0.2) is 36.5 Å². The van der Waals surface area contributed by atoms with Crippen molar-refractivity contribution in [2.75, 3.05) is 14.2 Å². The molecule has 0 radical (unpaired) electrons. The van der Waals surface area contributed by atoms with Crippen LogP contribution in [-0.2, 0) is 0 Å². The number of benzene rings is 1. The summed E-state index contributed by atoms with van der Waals surface area (Å²) in [6.45, 7) is 0. The van der Waals surface area contributed by atoms with Crippen LogP contribution >= 0.6 is 0 Å². The predicted molar refractivity (Wildman–Crippen MR) is 67.5 cm³/mol. The van der Waals surface area contributed by atoms with Crippen LogP contribution in [0.2, 0.25) is 0 Å². The first-order chi connectivity index (χ1) is 8.80. The monoisotopic (exact) mass is 240 g/mol. The Morgan fingerprint density at radius 1 is 1.17 bits per heavy atom. The van der Waals surface area contributed by atoms with Gasteiger partial charge in [-0.3, -0.25) is 4.98 Å². The summed E-state index contributed by atoms with van der Waals surface area (Å²) < 4.78 is 10.5. The van der Waals surface area contributed by atoms with E-state index in [9.17, 15) is 0 Å². The first-order valence-electron chi connectivity index (χ1n) is 5.37. The molecule has 0 saturated carbocycles. The van der Waals surface area contributed by atoms with Gasteiger partial charge in [-0.1, -0.05) is 0 Å². The van der Waals surface area contributed by atoms with E-state index in [4.69, 9.17) is 14.7 Å². The summed E-state index contributed by atoms with van der Waals surface area (Å²) in [5.74, 6) is 1.35. The number of aromatic nitrogens is 1. The summed E-state index contributed by atoms with van der Waals surface area (Å²) in [5, 5.41) is 9.11. The summed E-state index contributed by atoms with van der Waals surface area (Å²) in [6, 6.07) is 11.0. The summed E-state index contributed by atoms with van der Waals surface area (Å²) in [4.78, 5) is 4.25. The number of ether oxygens (including phenoxy) is 2. The van der Waals surface area contributed by atoms with Crippen molar-refractivity contribution >= 4 is 0 Å². The van der Waals surface area contributed by atoms with Crippen LogP contribution in [0.3, 0.4) is 0 Å². The number of pyridine rings is 1. The molecule has 0 spiro atoms. The Kier molecular flexibility index (Phi) is 3.44. The van der Waals surface area contributed by atoms with Crippen LogP contribution in [0, 0.1) is 11.3 Å². The van der Waals surface area contributed by atoms with E-state index in [-0.39, 0.29) is 0 Å². The van der Waals surface area contributed by atoms with Gasteiger partial charge in [-0.2, -0.15) is 5.26 Å². The van der Waals surface area contributed by atoms with Crippen LogP contribution in [0.1, 0.15) is 5.56 Å². The van der Waals surface area contributed by atoms with Gasteiger partial charge in [0.1, 0.15) is 17.6 Å². The van der Waals surface area contributed by atoms with Gasteiger partial charge in [-0.05, 0) is 30.3 Å². The zero-order chi connectivity index (χ0) is 13.0. The predicted octanol–water partition coefficient (Wildman–Crippen LogP) is 2.64. The SMILES string of the molecule is COc1ccc(OC)c(-c2ncccc2C#N)c1. The number of hydrogen-bond acceptors (Lipinski definition) is 4. The molecule has 90 valence electrons. The van der Waals surface area contributed by atoms with Crippen molar-refractivity contribution in [3.63, 3.8) is 0 Å². The minimum absolute atomic E-state index is 0.504. The third-order valence-electron chi connectivity index (χ3n) is 2.59. The third-order valence-corrected chi connectivity index (χ3v) is 2.59. The quantitative estimate of drug-likeness (QED) is 0.827. The Morgan fingerprint density at radius 2 is 2.00 bits per heavy atom. The number of nitriles is 1. The second kappa shape index (κ2) is 5.19. The normalized spacial score (nSPS) is 9.61. The molecule has 0 aliphatic carbocycles. The molecule has 2 aromatic rings. The van der Waals surface area contributed by atoms with Crippen LogP contribution < -0.4 is 9.47 Å². The van der Waals surface area contributed by atoms with E-state index in [0.29, 0.717) is 22.8 Å². The maximum absolute atomic E-state index is 9.11. The van der Waals surface area contributed by atoms with E-state index in [1.165, 1.54) is 0 Å². The van der Waals surface area contributed by atoms with Crippen molar-refractivity contribution in [3.8, 4) is 28.8 Å². The molecular weight excluding hydrogens is 228 g/mol. The minimum Gasteiger partial charge on any atom is -0.497 e. The van der Waals surface area contributed by atoms with Crippen molar-refractivity contribution in [2.24, 2.45) is 0 Å². The van der Waals surface area contributed by atoms with Gasteiger partial charge in [-0.25, -0.2) is 0 Å². The van der Waals surface area contributed by atoms with Crippen LogP contribution in [0.5, 0.6) is 11.5 Å². The summed E-state index contributed by atoms with van der Waals surface area (Å²) >= 11 is 0. The van der Waals surface area contributed by atoms with Crippen molar-refractivity contribution in [1.82, 2.24) is 4.98 Å². The molecule has 1 aromatic carbocycles. The molecular formula is C14H12N2O2.